The molecule has 0 aliphatic heterocycles. The van der Waals surface area contributed by atoms with Crippen LogP contribution >= 0.6 is 0 Å². The molecular weight excluding hydrogens is 168 g/mol. The second-order valence-electron chi connectivity index (χ2n) is 3.98. The minimum Gasteiger partial charge on any atom is -0.469 e. The predicted octanol–water partition coefficient (Wildman–Crippen LogP) is 1.16. The van der Waals surface area contributed by atoms with Crippen LogP contribution in [-0.2, 0) is 14.3 Å². The third-order valence-electron chi connectivity index (χ3n) is 3.46. The Labute approximate surface area is 77.4 Å². The van der Waals surface area contributed by atoms with E-state index in [0.717, 1.165) is 19.3 Å². The van der Waals surface area contributed by atoms with Gasteiger partial charge >= 0.3 is 5.97 Å². The molecule has 72 valence electrons. The van der Waals surface area contributed by atoms with E-state index in [4.69, 9.17) is 4.74 Å². The van der Waals surface area contributed by atoms with Gasteiger partial charge < -0.3 is 4.74 Å². The number of methoxy groups -OCH3 is 1. The molecule has 0 amide bonds. The lowest BCUT2D eigenvalue weighted by Crippen LogP contribution is -2.21. The molecule has 3 nitrogen and oxygen atoms in total. The number of ketones is 1. The summed E-state index contributed by atoms with van der Waals surface area (Å²) in [5.41, 5.74) is 0. The molecule has 3 atom stereocenters. The van der Waals surface area contributed by atoms with Gasteiger partial charge in [-0.3, -0.25) is 9.59 Å². The number of hydrogen-bond acceptors (Lipinski definition) is 3. The lowest BCUT2D eigenvalue weighted by molar-refractivity contribution is -0.146. The Balaban J connectivity index is 2.10. The topological polar surface area (TPSA) is 43.4 Å². The van der Waals surface area contributed by atoms with Crippen molar-refractivity contribution in [3.8, 4) is 0 Å². The van der Waals surface area contributed by atoms with Crippen LogP contribution in [0.1, 0.15) is 25.7 Å². The molecule has 3 unspecified atom stereocenters. The fourth-order valence-corrected chi connectivity index (χ4v) is 2.81. The zero-order chi connectivity index (χ0) is 9.42. The van der Waals surface area contributed by atoms with Crippen LogP contribution in [0.25, 0.3) is 0 Å². The van der Waals surface area contributed by atoms with Crippen molar-refractivity contribution in [1.29, 1.82) is 0 Å². The minimum absolute atomic E-state index is 0.00134. The maximum absolute atomic E-state index is 11.4. The van der Waals surface area contributed by atoms with E-state index in [-0.39, 0.29) is 17.8 Å². The quantitative estimate of drug-likeness (QED) is 0.571. The lowest BCUT2D eigenvalue weighted by atomic mass is 9.92. The first-order chi connectivity index (χ1) is 6.24. The van der Waals surface area contributed by atoms with Gasteiger partial charge in [0.25, 0.3) is 0 Å². The van der Waals surface area contributed by atoms with E-state index in [1.807, 2.05) is 0 Å². The van der Waals surface area contributed by atoms with E-state index in [0.29, 0.717) is 18.1 Å². The third-order valence-corrected chi connectivity index (χ3v) is 3.46. The maximum Gasteiger partial charge on any atom is 0.308 e. The largest absolute Gasteiger partial charge is 0.469 e. The first-order valence-corrected chi connectivity index (χ1v) is 4.84. The Hall–Kier alpha value is -0.860. The molecule has 0 aromatic carbocycles. The van der Waals surface area contributed by atoms with Crippen molar-refractivity contribution < 1.29 is 14.3 Å². The molecule has 3 heteroatoms. The van der Waals surface area contributed by atoms with Gasteiger partial charge in [0.15, 0.2) is 0 Å². The SMILES string of the molecule is COC(=O)C1CCC2C(=O)CCC21. The second kappa shape index (κ2) is 3.13. The number of hydrogen-bond donors (Lipinski definition) is 0. The first kappa shape index (κ1) is 8.73. The molecule has 0 spiro atoms. The van der Waals surface area contributed by atoms with Crippen LogP contribution in [0.3, 0.4) is 0 Å². The van der Waals surface area contributed by atoms with Gasteiger partial charge in [-0.1, -0.05) is 0 Å². The third kappa shape index (κ3) is 1.26. The lowest BCUT2D eigenvalue weighted by Gasteiger charge is -2.14. The predicted molar refractivity (Wildman–Crippen MR) is 46.0 cm³/mol. The highest BCUT2D eigenvalue weighted by Crippen LogP contribution is 2.45. The van der Waals surface area contributed by atoms with Crippen LogP contribution in [-0.4, -0.2) is 18.9 Å². The summed E-state index contributed by atoms with van der Waals surface area (Å²) in [7, 11) is 1.42. The van der Waals surface area contributed by atoms with E-state index in [1.165, 1.54) is 7.11 Å². The summed E-state index contributed by atoms with van der Waals surface area (Å²) < 4.78 is 4.73. The summed E-state index contributed by atoms with van der Waals surface area (Å²) in [6, 6.07) is 0. The van der Waals surface area contributed by atoms with E-state index in [1.54, 1.807) is 0 Å². The highest BCUT2D eigenvalue weighted by atomic mass is 16.5. The van der Waals surface area contributed by atoms with Gasteiger partial charge in [0.05, 0.1) is 13.0 Å². The zero-order valence-electron chi connectivity index (χ0n) is 7.79. The Bertz CT molecular complexity index is 247. The first-order valence-electron chi connectivity index (χ1n) is 4.84. The maximum atomic E-state index is 11.4. The van der Waals surface area contributed by atoms with Gasteiger partial charge in [0.1, 0.15) is 5.78 Å². The monoisotopic (exact) mass is 182 g/mol. The summed E-state index contributed by atoms with van der Waals surface area (Å²) in [4.78, 5) is 22.7. The molecular formula is C10H14O3. The number of Topliss-reactive ketones (excluding diaryl/α,β-unsaturated/α-hetero) is 1. The Morgan fingerprint density at radius 1 is 1.38 bits per heavy atom. The van der Waals surface area contributed by atoms with E-state index >= 15 is 0 Å². The average Bonchev–Trinajstić information content (AvgIpc) is 2.68. The van der Waals surface area contributed by atoms with Gasteiger partial charge in [-0.05, 0) is 25.2 Å². The number of rotatable bonds is 1. The molecule has 0 saturated heterocycles. The highest BCUT2D eigenvalue weighted by Gasteiger charge is 2.47. The van der Waals surface area contributed by atoms with E-state index in [9.17, 15) is 9.59 Å². The van der Waals surface area contributed by atoms with Crippen LogP contribution in [0.2, 0.25) is 0 Å². The molecule has 2 aliphatic carbocycles. The van der Waals surface area contributed by atoms with Crippen molar-refractivity contribution in [2.75, 3.05) is 7.11 Å². The van der Waals surface area contributed by atoms with E-state index < -0.39 is 0 Å². The summed E-state index contributed by atoms with van der Waals surface area (Å²) in [5.74, 6) is 0.698. The van der Waals surface area contributed by atoms with Crippen LogP contribution < -0.4 is 0 Å². The Morgan fingerprint density at radius 3 is 2.85 bits per heavy atom. The number of carbonyl (C=O) groups excluding carboxylic acids is 2. The van der Waals surface area contributed by atoms with Crippen LogP contribution in [0.15, 0.2) is 0 Å². The highest BCUT2D eigenvalue weighted by molar-refractivity contribution is 5.86. The van der Waals surface area contributed by atoms with Crippen molar-refractivity contribution in [2.24, 2.45) is 17.8 Å². The molecule has 2 saturated carbocycles. The molecule has 0 aromatic heterocycles. The van der Waals surface area contributed by atoms with E-state index in [2.05, 4.69) is 0 Å². The van der Waals surface area contributed by atoms with Crippen LogP contribution in [0.5, 0.6) is 0 Å². The van der Waals surface area contributed by atoms with Gasteiger partial charge in [0, 0.05) is 12.3 Å². The van der Waals surface area contributed by atoms with Crippen molar-refractivity contribution >= 4 is 11.8 Å². The molecule has 2 rings (SSSR count). The molecule has 2 fully saturated rings. The number of ether oxygens (including phenoxy) is 1. The van der Waals surface area contributed by atoms with Crippen molar-refractivity contribution in [1.82, 2.24) is 0 Å². The molecule has 2 aliphatic rings. The van der Waals surface area contributed by atoms with Crippen molar-refractivity contribution in [3.63, 3.8) is 0 Å². The summed E-state index contributed by atoms with van der Waals surface area (Å²) in [5, 5.41) is 0. The molecule has 0 bridgehead atoms. The van der Waals surface area contributed by atoms with Crippen molar-refractivity contribution in [3.05, 3.63) is 0 Å². The zero-order valence-corrected chi connectivity index (χ0v) is 7.79. The second-order valence-corrected chi connectivity index (χ2v) is 3.98. The van der Waals surface area contributed by atoms with Gasteiger partial charge in [-0.15, -0.1) is 0 Å². The fourth-order valence-electron chi connectivity index (χ4n) is 2.81. The molecule has 13 heavy (non-hydrogen) atoms. The Kier molecular flexibility index (Phi) is 2.10. The summed E-state index contributed by atoms with van der Waals surface area (Å²) in [6.07, 6.45) is 3.29. The number of fused-ring (bicyclic) bond motifs is 1. The molecule has 0 heterocycles. The molecule has 0 N–H and O–H groups in total. The van der Waals surface area contributed by atoms with Gasteiger partial charge in [0.2, 0.25) is 0 Å². The summed E-state index contributed by atoms with van der Waals surface area (Å²) in [6.45, 7) is 0. The van der Waals surface area contributed by atoms with Crippen LogP contribution in [0, 0.1) is 17.8 Å². The number of esters is 1. The Morgan fingerprint density at radius 2 is 2.15 bits per heavy atom. The molecule has 0 aromatic rings. The normalized spacial score (nSPS) is 37.6. The smallest absolute Gasteiger partial charge is 0.308 e. The molecule has 0 radical (unpaired) electrons. The van der Waals surface area contributed by atoms with Crippen molar-refractivity contribution in [2.45, 2.75) is 25.7 Å². The van der Waals surface area contributed by atoms with Gasteiger partial charge in [-0.25, -0.2) is 0 Å². The fraction of sp³-hybridized carbons (Fsp3) is 0.800. The van der Waals surface area contributed by atoms with Crippen LogP contribution in [0.4, 0.5) is 0 Å². The summed E-state index contributed by atoms with van der Waals surface area (Å²) >= 11 is 0. The number of carbonyl (C=O) groups is 2. The van der Waals surface area contributed by atoms with Gasteiger partial charge in [-0.2, -0.15) is 0 Å². The minimum atomic E-state index is -0.123. The average molecular weight is 182 g/mol. The standard InChI is InChI=1S/C10H14O3/c1-13-10(12)8-3-2-7-6(8)4-5-9(7)11/h6-8H,2-5H2,1H3.